The van der Waals surface area contributed by atoms with Gasteiger partial charge in [-0.1, -0.05) is 79.7 Å². The zero-order valence-electron chi connectivity index (χ0n) is 24.3. The van der Waals surface area contributed by atoms with Gasteiger partial charge in [0.1, 0.15) is 11.9 Å². The lowest BCUT2D eigenvalue weighted by atomic mass is 9.96. The summed E-state index contributed by atoms with van der Waals surface area (Å²) in [5.41, 5.74) is 3.40. The summed E-state index contributed by atoms with van der Waals surface area (Å²) < 4.78 is 5.43. The van der Waals surface area contributed by atoms with Gasteiger partial charge < -0.3 is 19.4 Å². The molecule has 1 saturated heterocycles. The Bertz CT molecular complexity index is 1720. The molecule has 224 valence electrons. The average molecular weight is 592 g/mol. The Balaban J connectivity index is 1.22. The monoisotopic (exact) mass is 591 g/mol. The molecule has 0 radical (unpaired) electrons. The SMILES string of the molecule is CC[C@@H](C(=O)N1CCN(C(c2ccccc2)c2ccccc2)CC1)N(C=O)c1cc2c(-c3ocnc3C(=O)O)cccc2[nH]1. The topological polar surface area (TPSA) is 123 Å². The maximum absolute atomic E-state index is 13.9. The number of hydrogen-bond acceptors (Lipinski definition) is 6. The minimum Gasteiger partial charge on any atom is -0.476 e. The summed E-state index contributed by atoms with van der Waals surface area (Å²) in [4.78, 5) is 50.8. The van der Waals surface area contributed by atoms with Crippen molar-refractivity contribution in [3.63, 3.8) is 0 Å². The van der Waals surface area contributed by atoms with Crippen molar-refractivity contribution in [3.05, 3.63) is 108 Å². The molecule has 1 aliphatic rings. The third kappa shape index (κ3) is 5.47. The number of aromatic carboxylic acids is 1. The number of aromatic amines is 1. The Morgan fingerprint density at radius 1 is 0.977 bits per heavy atom. The summed E-state index contributed by atoms with van der Waals surface area (Å²) in [6, 6.07) is 27.2. The molecule has 0 bridgehead atoms. The van der Waals surface area contributed by atoms with Gasteiger partial charge in [0.05, 0.1) is 6.04 Å². The zero-order chi connectivity index (χ0) is 30.6. The number of carbonyl (C=O) groups excluding carboxylic acids is 2. The van der Waals surface area contributed by atoms with Gasteiger partial charge in [0.15, 0.2) is 17.8 Å². The van der Waals surface area contributed by atoms with E-state index in [1.54, 1.807) is 18.2 Å². The van der Waals surface area contributed by atoms with Crippen molar-refractivity contribution in [2.24, 2.45) is 0 Å². The van der Waals surface area contributed by atoms with E-state index in [4.69, 9.17) is 4.42 Å². The first-order chi connectivity index (χ1) is 21.5. The Kier molecular flexibility index (Phi) is 8.25. The smallest absolute Gasteiger partial charge is 0.358 e. The van der Waals surface area contributed by atoms with Gasteiger partial charge in [-0.15, -0.1) is 0 Å². The molecule has 2 aromatic heterocycles. The van der Waals surface area contributed by atoms with Crippen LogP contribution < -0.4 is 4.90 Å². The lowest BCUT2D eigenvalue weighted by Crippen LogP contribution is -2.55. The van der Waals surface area contributed by atoms with Crippen molar-refractivity contribution in [1.29, 1.82) is 0 Å². The van der Waals surface area contributed by atoms with Crippen LogP contribution in [-0.2, 0) is 9.59 Å². The molecule has 0 saturated carbocycles. The third-order valence-electron chi connectivity index (χ3n) is 8.29. The standard InChI is InChI=1S/C34H33N5O5/c1-2-28(39(22-40)29-20-26-25(14-9-15-27(26)36-29)32-30(34(42)43)35-21-44-32)33(41)38-18-16-37(17-19-38)31(23-10-5-3-6-11-23)24-12-7-4-8-13-24/h3-15,20-22,28,31,36H,2,16-19H2,1H3,(H,42,43)/t28-/m0/s1. The van der Waals surface area contributed by atoms with Crippen molar-refractivity contribution in [1.82, 2.24) is 19.8 Å². The number of rotatable bonds is 10. The van der Waals surface area contributed by atoms with Crippen LogP contribution in [0.5, 0.6) is 0 Å². The number of oxazole rings is 1. The number of anilines is 1. The van der Waals surface area contributed by atoms with Crippen LogP contribution in [0.2, 0.25) is 0 Å². The fraction of sp³-hybridized carbons (Fsp3) is 0.235. The van der Waals surface area contributed by atoms with Crippen molar-refractivity contribution >= 4 is 35.0 Å². The van der Waals surface area contributed by atoms with Crippen molar-refractivity contribution in [2.45, 2.75) is 25.4 Å². The predicted octanol–water partition coefficient (Wildman–Crippen LogP) is 5.20. The zero-order valence-corrected chi connectivity index (χ0v) is 24.3. The van der Waals surface area contributed by atoms with Crippen LogP contribution in [-0.4, -0.2) is 75.4 Å². The molecule has 2 N–H and O–H groups in total. The summed E-state index contributed by atoms with van der Waals surface area (Å²) in [7, 11) is 0. The van der Waals surface area contributed by atoms with Crippen molar-refractivity contribution in [3.8, 4) is 11.3 Å². The second-order valence-corrected chi connectivity index (χ2v) is 10.8. The fourth-order valence-corrected chi connectivity index (χ4v) is 6.15. The second kappa shape index (κ2) is 12.6. The molecule has 2 amide bonds. The number of carbonyl (C=O) groups is 3. The molecule has 0 aliphatic carbocycles. The highest BCUT2D eigenvalue weighted by Crippen LogP contribution is 2.34. The predicted molar refractivity (Wildman–Crippen MR) is 166 cm³/mol. The molecule has 5 aromatic rings. The van der Waals surface area contributed by atoms with Crippen LogP contribution in [0.3, 0.4) is 0 Å². The highest BCUT2D eigenvalue weighted by Gasteiger charge is 2.34. The lowest BCUT2D eigenvalue weighted by Gasteiger charge is -2.41. The number of nitrogens with one attached hydrogen (secondary N) is 1. The summed E-state index contributed by atoms with van der Waals surface area (Å²) in [6.45, 7) is 4.35. The highest BCUT2D eigenvalue weighted by atomic mass is 16.4. The Hall–Kier alpha value is -5.22. The Morgan fingerprint density at radius 3 is 2.23 bits per heavy atom. The molecule has 1 atom stereocenters. The van der Waals surface area contributed by atoms with Gasteiger partial charge in [0.2, 0.25) is 12.3 Å². The number of carboxylic acids is 1. The molecule has 10 nitrogen and oxygen atoms in total. The van der Waals surface area contributed by atoms with Gasteiger partial charge in [0.25, 0.3) is 0 Å². The molecule has 6 rings (SSSR count). The number of nitrogens with zero attached hydrogens (tertiary/aromatic N) is 4. The average Bonchev–Trinajstić information content (AvgIpc) is 3.73. The summed E-state index contributed by atoms with van der Waals surface area (Å²) >= 11 is 0. The maximum atomic E-state index is 13.9. The summed E-state index contributed by atoms with van der Waals surface area (Å²) in [6.07, 6.45) is 2.18. The van der Waals surface area contributed by atoms with E-state index < -0.39 is 12.0 Å². The first-order valence-corrected chi connectivity index (χ1v) is 14.7. The minimum absolute atomic E-state index is 0.0784. The number of piperazine rings is 1. The van der Waals surface area contributed by atoms with E-state index in [-0.39, 0.29) is 23.4 Å². The molecule has 10 heteroatoms. The highest BCUT2D eigenvalue weighted by molar-refractivity contribution is 6.03. The number of carboxylic acid groups (broad SMARTS) is 1. The number of amides is 2. The van der Waals surface area contributed by atoms with Crippen LogP contribution in [0.25, 0.3) is 22.2 Å². The van der Waals surface area contributed by atoms with Crippen molar-refractivity contribution in [2.75, 3.05) is 31.1 Å². The quantitative estimate of drug-likeness (QED) is 0.214. The van der Waals surface area contributed by atoms with Crippen LogP contribution in [0.1, 0.15) is 41.0 Å². The lowest BCUT2D eigenvalue weighted by molar-refractivity contribution is -0.135. The number of fused-ring (bicyclic) bond motifs is 1. The molecule has 3 aromatic carbocycles. The Labute approximate surface area is 254 Å². The number of hydrogen-bond donors (Lipinski definition) is 2. The van der Waals surface area contributed by atoms with E-state index in [2.05, 4.69) is 63.4 Å². The number of benzene rings is 3. The molecule has 0 spiro atoms. The first kappa shape index (κ1) is 28.9. The molecule has 3 heterocycles. The van der Waals surface area contributed by atoms with E-state index in [0.29, 0.717) is 61.3 Å². The van der Waals surface area contributed by atoms with E-state index >= 15 is 0 Å². The maximum Gasteiger partial charge on any atom is 0.358 e. The number of H-pyrrole nitrogens is 1. The van der Waals surface area contributed by atoms with Gasteiger partial charge in [-0.3, -0.25) is 19.4 Å². The Morgan fingerprint density at radius 2 is 1.64 bits per heavy atom. The normalized spacial score (nSPS) is 14.5. The van der Waals surface area contributed by atoms with Gasteiger partial charge in [-0.2, -0.15) is 0 Å². The van der Waals surface area contributed by atoms with Crippen LogP contribution >= 0.6 is 0 Å². The first-order valence-electron chi connectivity index (χ1n) is 14.7. The van der Waals surface area contributed by atoms with Gasteiger partial charge in [-0.25, -0.2) is 9.78 Å². The van der Waals surface area contributed by atoms with E-state index in [0.717, 1.165) is 6.39 Å². The fourth-order valence-electron chi connectivity index (χ4n) is 6.15. The summed E-state index contributed by atoms with van der Waals surface area (Å²) in [5, 5.41) is 10.2. The molecule has 0 unspecified atom stereocenters. The largest absolute Gasteiger partial charge is 0.476 e. The van der Waals surface area contributed by atoms with Gasteiger partial charge in [0, 0.05) is 42.6 Å². The van der Waals surface area contributed by atoms with E-state index in [1.165, 1.54) is 16.0 Å². The van der Waals surface area contributed by atoms with E-state index in [9.17, 15) is 19.5 Å². The van der Waals surface area contributed by atoms with Crippen LogP contribution in [0, 0.1) is 0 Å². The minimum atomic E-state index is -1.20. The third-order valence-corrected chi connectivity index (χ3v) is 8.29. The van der Waals surface area contributed by atoms with Gasteiger partial charge >= 0.3 is 5.97 Å². The summed E-state index contributed by atoms with van der Waals surface area (Å²) in [5.74, 6) is -0.758. The second-order valence-electron chi connectivity index (χ2n) is 10.8. The van der Waals surface area contributed by atoms with Crippen molar-refractivity contribution < 1.29 is 23.9 Å². The van der Waals surface area contributed by atoms with Gasteiger partial charge in [-0.05, 0) is 29.7 Å². The molecular formula is C34H33N5O5. The molecule has 1 fully saturated rings. The van der Waals surface area contributed by atoms with Crippen LogP contribution in [0.15, 0.2) is 95.7 Å². The molecule has 1 aliphatic heterocycles. The van der Waals surface area contributed by atoms with Crippen LogP contribution in [0.4, 0.5) is 5.82 Å². The molecule has 44 heavy (non-hydrogen) atoms. The van der Waals surface area contributed by atoms with E-state index in [1.807, 2.05) is 30.0 Å². The number of aromatic nitrogens is 2. The molecular weight excluding hydrogens is 558 g/mol.